The van der Waals surface area contributed by atoms with Crippen LogP contribution in [0.25, 0.3) is 0 Å². The molecule has 0 spiro atoms. The first kappa shape index (κ1) is 20.3. The van der Waals surface area contributed by atoms with E-state index in [0.717, 1.165) is 24.3 Å². The monoisotopic (exact) mass is 376 g/mol. The van der Waals surface area contributed by atoms with Crippen molar-refractivity contribution in [3.05, 3.63) is 70.8 Å². The van der Waals surface area contributed by atoms with Crippen LogP contribution in [-0.4, -0.2) is 14.1 Å². The number of nitrogens with one attached hydrogen (secondary N) is 2. The summed E-state index contributed by atoms with van der Waals surface area (Å²) in [5, 5.41) is 6.01. The van der Waals surface area contributed by atoms with Crippen LogP contribution in [0.2, 0.25) is 0 Å². The summed E-state index contributed by atoms with van der Waals surface area (Å²) in [4.78, 5) is 0. The van der Waals surface area contributed by atoms with Gasteiger partial charge in [0, 0.05) is 0 Å². The minimum absolute atomic E-state index is 0.431. The Labute approximate surface area is 147 Å². The van der Waals surface area contributed by atoms with Crippen molar-refractivity contribution in [2.75, 3.05) is 14.1 Å². The topological polar surface area (TPSA) is 24.1 Å². The quantitative estimate of drug-likeness (QED) is 0.722. The second-order valence-corrected chi connectivity index (χ2v) is 5.77. The lowest BCUT2D eigenvalue weighted by molar-refractivity contribution is -0.138. The van der Waals surface area contributed by atoms with Crippen LogP contribution < -0.4 is 10.6 Å². The van der Waals surface area contributed by atoms with Crippen LogP contribution in [0, 0.1) is 0 Å². The summed E-state index contributed by atoms with van der Waals surface area (Å²) in [6, 6.07) is 8.52. The highest BCUT2D eigenvalue weighted by Crippen LogP contribution is 2.34. The van der Waals surface area contributed by atoms with Gasteiger partial charge in [-0.15, -0.1) is 0 Å². The molecule has 2 aromatic carbocycles. The predicted molar refractivity (Wildman–Crippen MR) is 86.5 cm³/mol. The maximum absolute atomic E-state index is 12.7. The molecule has 0 saturated carbocycles. The van der Waals surface area contributed by atoms with Gasteiger partial charge in [0.05, 0.1) is 23.2 Å². The molecule has 2 atom stereocenters. The predicted octanol–water partition coefficient (Wildman–Crippen LogP) is 4.95. The lowest BCUT2D eigenvalue weighted by Gasteiger charge is -2.28. The first-order valence-corrected chi connectivity index (χ1v) is 7.76. The molecule has 2 nitrogen and oxygen atoms in total. The van der Waals surface area contributed by atoms with Crippen LogP contribution in [0.3, 0.4) is 0 Å². The third kappa shape index (κ3) is 4.56. The smallest absolute Gasteiger partial charge is 0.311 e. The maximum Gasteiger partial charge on any atom is 0.416 e. The molecule has 2 unspecified atom stereocenters. The molecule has 26 heavy (non-hydrogen) atoms. The molecule has 0 aliphatic heterocycles. The van der Waals surface area contributed by atoms with Crippen LogP contribution in [0.4, 0.5) is 26.3 Å². The van der Waals surface area contributed by atoms with E-state index in [1.54, 1.807) is 14.1 Å². The molecule has 2 aromatic rings. The lowest BCUT2D eigenvalue weighted by Crippen LogP contribution is -2.32. The molecule has 142 valence electrons. The minimum Gasteiger partial charge on any atom is -0.311 e. The van der Waals surface area contributed by atoms with Crippen molar-refractivity contribution in [2.45, 2.75) is 24.4 Å². The number of benzene rings is 2. The normalized spacial score (nSPS) is 14.9. The molecule has 2 rings (SSSR count). The average Bonchev–Trinajstić information content (AvgIpc) is 2.58. The molecule has 0 bridgehead atoms. The van der Waals surface area contributed by atoms with Gasteiger partial charge in [0.25, 0.3) is 0 Å². The Bertz CT molecular complexity index is 641. The fourth-order valence-corrected chi connectivity index (χ4v) is 2.81. The number of alkyl halides is 6. The van der Waals surface area contributed by atoms with Gasteiger partial charge in [0.15, 0.2) is 0 Å². The molecular weight excluding hydrogens is 358 g/mol. The molecule has 0 aromatic heterocycles. The Balaban J connectivity index is 2.31. The van der Waals surface area contributed by atoms with Gasteiger partial charge < -0.3 is 10.6 Å². The van der Waals surface area contributed by atoms with Crippen LogP contribution in [0.1, 0.15) is 34.3 Å². The van der Waals surface area contributed by atoms with E-state index in [9.17, 15) is 26.3 Å². The van der Waals surface area contributed by atoms with E-state index >= 15 is 0 Å². The molecular formula is C18H18F6N2. The van der Waals surface area contributed by atoms with Crippen molar-refractivity contribution in [2.24, 2.45) is 0 Å². The Kier molecular flexibility index (Phi) is 5.98. The second kappa shape index (κ2) is 7.67. The summed E-state index contributed by atoms with van der Waals surface area (Å²) in [6.45, 7) is 0. The zero-order valence-electron chi connectivity index (χ0n) is 14.0. The number of halogens is 6. The van der Waals surface area contributed by atoms with Gasteiger partial charge in [0.2, 0.25) is 0 Å². The Hall–Kier alpha value is -2.06. The SMILES string of the molecule is CNC(c1ccc(C(F)(F)F)cc1)C(NC)c1ccc(C(F)(F)F)cc1. The van der Waals surface area contributed by atoms with Crippen molar-refractivity contribution < 1.29 is 26.3 Å². The van der Waals surface area contributed by atoms with E-state index in [-0.39, 0.29) is 0 Å². The van der Waals surface area contributed by atoms with Crippen LogP contribution >= 0.6 is 0 Å². The second-order valence-electron chi connectivity index (χ2n) is 5.77. The average molecular weight is 376 g/mol. The molecule has 0 amide bonds. The molecule has 0 aliphatic carbocycles. The van der Waals surface area contributed by atoms with Crippen molar-refractivity contribution in [3.63, 3.8) is 0 Å². The van der Waals surface area contributed by atoms with Crippen molar-refractivity contribution >= 4 is 0 Å². The third-order valence-corrected chi connectivity index (χ3v) is 4.15. The highest BCUT2D eigenvalue weighted by atomic mass is 19.4. The number of likely N-dealkylation sites (N-methyl/N-ethyl adjacent to an activating group) is 2. The molecule has 8 heteroatoms. The standard InChI is InChI=1S/C18H18F6N2/c1-25-15(11-3-7-13(8-4-11)17(19,20)21)16(26-2)12-5-9-14(10-6-12)18(22,23)24/h3-10,15-16,25-26H,1-2H3. The Morgan fingerprint density at radius 3 is 1.04 bits per heavy atom. The zero-order valence-corrected chi connectivity index (χ0v) is 14.0. The Morgan fingerprint density at radius 2 is 0.846 bits per heavy atom. The largest absolute Gasteiger partial charge is 0.416 e. The molecule has 0 fully saturated rings. The van der Waals surface area contributed by atoms with Gasteiger partial charge in [-0.2, -0.15) is 26.3 Å². The summed E-state index contributed by atoms with van der Waals surface area (Å²) in [7, 11) is 3.27. The van der Waals surface area contributed by atoms with E-state index in [2.05, 4.69) is 10.6 Å². The van der Waals surface area contributed by atoms with Crippen molar-refractivity contribution in [3.8, 4) is 0 Å². The minimum atomic E-state index is -4.43. The summed E-state index contributed by atoms with van der Waals surface area (Å²) >= 11 is 0. The van der Waals surface area contributed by atoms with Gasteiger partial charge >= 0.3 is 12.4 Å². The molecule has 0 heterocycles. The van der Waals surface area contributed by atoms with E-state index in [1.165, 1.54) is 24.3 Å². The van der Waals surface area contributed by atoms with Gasteiger partial charge in [-0.3, -0.25) is 0 Å². The molecule has 2 N–H and O–H groups in total. The maximum atomic E-state index is 12.7. The summed E-state index contributed by atoms with van der Waals surface area (Å²) < 4.78 is 76.2. The molecule has 0 saturated heterocycles. The van der Waals surface area contributed by atoms with E-state index in [1.807, 2.05) is 0 Å². The zero-order chi connectivity index (χ0) is 19.5. The van der Waals surface area contributed by atoms with Crippen LogP contribution in [0.5, 0.6) is 0 Å². The van der Waals surface area contributed by atoms with E-state index in [0.29, 0.717) is 11.1 Å². The van der Waals surface area contributed by atoms with Gasteiger partial charge in [-0.05, 0) is 49.5 Å². The number of rotatable bonds is 5. The first-order chi connectivity index (χ1) is 12.1. The molecule has 0 aliphatic rings. The van der Waals surface area contributed by atoms with Gasteiger partial charge in [0.1, 0.15) is 0 Å². The summed E-state index contributed by atoms with van der Waals surface area (Å²) in [6.07, 6.45) is -8.85. The van der Waals surface area contributed by atoms with Crippen molar-refractivity contribution in [1.29, 1.82) is 0 Å². The van der Waals surface area contributed by atoms with Crippen LogP contribution in [-0.2, 0) is 12.4 Å². The summed E-state index contributed by atoms with van der Waals surface area (Å²) in [5.74, 6) is 0. The van der Waals surface area contributed by atoms with Gasteiger partial charge in [-0.1, -0.05) is 24.3 Å². The number of hydrogen-bond acceptors (Lipinski definition) is 2. The van der Waals surface area contributed by atoms with Crippen molar-refractivity contribution in [1.82, 2.24) is 10.6 Å². The third-order valence-electron chi connectivity index (χ3n) is 4.15. The first-order valence-electron chi connectivity index (χ1n) is 7.76. The highest BCUT2D eigenvalue weighted by Gasteiger charge is 2.32. The highest BCUT2D eigenvalue weighted by molar-refractivity contribution is 5.32. The van der Waals surface area contributed by atoms with E-state index in [4.69, 9.17) is 0 Å². The number of hydrogen-bond donors (Lipinski definition) is 2. The lowest BCUT2D eigenvalue weighted by atomic mass is 9.92. The fourth-order valence-electron chi connectivity index (χ4n) is 2.81. The molecule has 0 radical (unpaired) electrons. The van der Waals surface area contributed by atoms with Gasteiger partial charge in [-0.25, -0.2) is 0 Å². The van der Waals surface area contributed by atoms with E-state index < -0.39 is 35.6 Å². The van der Waals surface area contributed by atoms with Crippen LogP contribution in [0.15, 0.2) is 48.5 Å². The summed E-state index contributed by atoms with van der Waals surface area (Å²) in [5.41, 5.74) is -0.349. The Morgan fingerprint density at radius 1 is 0.577 bits per heavy atom. The fraction of sp³-hybridized carbons (Fsp3) is 0.333.